The highest BCUT2D eigenvalue weighted by atomic mass is 32.2. The Bertz CT molecular complexity index is 1110. The normalized spacial score (nSPS) is 12.3. The fourth-order valence-corrected chi connectivity index (χ4v) is 5.26. The van der Waals surface area contributed by atoms with Gasteiger partial charge in [-0.3, -0.25) is 9.59 Å². The van der Waals surface area contributed by atoms with Crippen LogP contribution in [0.2, 0.25) is 0 Å². The van der Waals surface area contributed by atoms with E-state index in [1.54, 1.807) is 45.9 Å². The highest BCUT2D eigenvalue weighted by molar-refractivity contribution is 7.89. The van der Waals surface area contributed by atoms with Crippen molar-refractivity contribution in [3.63, 3.8) is 0 Å². The lowest BCUT2D eigenvalue weighted by molar-refractivity contribution is -0.150. The van der Waals surface area contributed by atoms with Gasteiger partial charge in [0.2, 0.25) is 10.0 Å². The molecule has 0 saturated carbocycles. The molecule has 1 aromatic heterocycles. The average molecular weight is 497 g/mol. The summed E-state index contributed by atoms with van der Waals surface area (Å²) < 4.78 is 37.6. The summed E-state index contributed by atoms with van der Waals surface area (Å²) in [6.45, 7) is 8.09. The molecule has 1 heterocycles. The molecule has 0 fully saturated rings. The van der Waals surface area contributed by atoms with E-state index < -0.39 is 46.4 Å². The molecule has 1 aromatic carbocycles. The van der Waals surface area contributed by atoms with Gasteiger partial charge in [0.15, 0.2) is 6.61 Å². The molecule has 0 aliphatic rings. The molecule has 1 amide bonds. The lowest BCUT2D eigenvalue weighted by atomic mass is 10.1. The SMILES string of the molecule is CCOC(=O)c1c(NC(=O)COC(=O)C(NS(=O)(=O)c2ccccc2)C(C)C)sc(C)c1C. The zero-order valence-corrected chi connectivity index (χ0v) is 20.8. The molecule has 9 nitrogen and oxygen atoms in total. The van der Waals surface area contributed by atoms with Crippen LogP contribution in [0.15, 0.2) is 35.2 Å². The summed E-state index contributed by atoms with van der Waals surface area (Å²) in [5, 5.41) is 2.87. The number of esters is 2. The Morgan fingerprint density at radius 2 is 1.70 bits per heavy atom. The average Bonchev–Trinajstić information content (AvgIpc) is 3.03. The number of hydrogen-bond acceptors (Lipinski definition) is 8. The van der Waals surface area contributed by atoms with Crippen LogP contribution in [0.25, 0.3) is 0 Å². The van der Waals surface area contributed by atoms with Gasteiger partial charge in [0.25, 0.3) is 5.91 Å². The van der Waals surface area contributed by atoms with Crippen LogP contribution in [0.5, 0.6) is 0 Å². The van der Waals surface area contributed by atoms with Gasteiger partial charge in [-0.2, -0.15) is 4.72 Å². The Hall–Kier alpha value is -2.76. The summed E-state index contributed by atoms with van der Waals surface area (Å²) in [5.74, 6) is -2.54. The molecule has 33 heavy (non-hydrogen) atoms. The van der Waals surface area contributed by atoms with E-state index in [9.17, 15) is 22.8 Å². The molecule has 0 saturated heterocycles. The number of carbonyl (C=O) groups excluding carboxylic acids is 3. The summed E-state index contributed by atoms with van der Waals surface area (Å²) in [5.41, 5.74) is 0.954. The van der Waals surface area contributed by atoms with Gasteiger partial charge in [0, 0.05) is 4.88 Å². The number of ether oxygens (including phenoxy) is 2. The standard InChI is InChI=1S/C22H28N2O7S2/c1-6-30-21(26)18-14(4)15(5)32-20(18)23-17(25)12-31-22(27)19(13(2)3)24-33(28,29)16-10-8-7-9-11-16/h7-11,13,19,24H,6,12H2,1-5H3,(H,23,25). The Labute approximate surface area is 197 Å². The fraction of sp³-hybridized carbons (Fsp3) is 0.409. The van der Waals surface area contributed by atoms with Gasteiger partial charge in [-0.1, -0.05) is 32.0 Å². The number of nitrogens with one attached hydrogen (secondary N) is 2. The van der Waals surface area contributed by atoms with Crippen molar-refractivity contribution in [1.82, 2.24) is 4.72 Å². The van der Waals surface area contributed by atoms with Crippen LogP contribution in [-0.4, -0.2) is 45.5 Å². The zero-order chi connectivity index (χ0) is 24.8. The Morgan fingerprint density at radius 3 is 2.27 bits per heavy atom. The van der Waals surface area contributed by atoms with Crippen molar-refractivity contribution in [2.45, 2.75) is 45.6 Å². The van der Waals surface area contributed by atoms with Gasteiger partial charge in [0.05, 0.1) is 17.1 Å². The largest absolute Gasteiger partial charge is 0.462 e. The third-order valence-corrected chi connectivity index (χ3v) is 7.30. The van der Waals surface area contributed by atoms with Crippen molar-refractivity contribution in [2.75, 3.05) is 18.5 Å². The van der Waals surface area contributed by atoms with E-state index >= 15 is 0 Å². The van der Waals surface area contributed by atoms with Crippen molar-refractivity contribution in [3.8, 4) is 0 Å². The van der Waals surface area contributed by atoms with Crippen LogP contribution in [0, 0.1) is 19.8 Å². The van der Waals surface area contributed by atoms with E-state index in [0.717, 1.165) is 4.88 Å². The predicted molar refractivity (Wildman–Crippen MR) is 125 cm³/mol. The van der Waals surface area contributed by atoms with Gasteiger partial charge in [0.1, 0.15) is 11.0 Å². The topological polar surface area (TPSA) is 128 Å². The molecule has 180 valence electrons. The second-order valence-electron chi connectivity index (χ2n) is 7.52. The number of amides is 1. The van der Waals surface area contributed by atoms with Gasteiger partial charge in [-0.25, -0.2) is 13.2 Å². The third-order valence-electron chi connectivity index (χ3n) is 4.72. The number of sulfonamides is 1. The minimum absolute atomic E-state index is 0.0103. The number of anilines is 1. The van der Waals surface area contributed by atoms with E-state index in [-0.39, 0.29) is 17.1 Å². The first kappa shape index (κ1) is 26.5. The number of rotatable bonds is 10. The van der Waals surface area contributed by atoms with Crippen LogP contribution in [-0.2, 0) is 29.1 Å². The molecule has 0 bridgehead atoms. The minimum Gasteiger partial charge on any atom is -0.462 e. The first-order chi connectivity index (χ1) is 15.5. The number of benzene rings is 1. The third kappa shape index (κ3) is 6.86. The van der Waals surface area contributed by atoms with E-state index in [4.69, 9.17) is 9.47 Å². The number of hydrogen-bond donors (Lipinski definition) is 2. The quantitative estimate of drug-likeness (QED) is 0.484. The molecule has 1 unspecified atom stereocenters. The first-order valence-corrected chi connectivity index (χ1v) is 12.6. The van der Waals surface area contributed by atoms with E-state index in [0.29, 0.717) is 10.6 Å². The Kier molecular flexibility index (Phi) is 9.15. The molecule has 2 aromatic rings. The highest BCUT2D eigenvalue weighted by Gasteiger charge is 2.30. The molecule has 2 N–H and O–H groups in total. The summed E-state index contributed by atoms with van der Waals surface area (Å²) in [6, 6.07) is 6.44. The fourth-order valence-electron chi connectivity index (χ4n) is 2.84. The van der Waals surface area contributed by atoms with Gasteiger partial charge < -0.3 is 14.8 Å². The zero-order valence-electron chi connectivity index (χ0n) is 19.1. The molecular formula is C22H28N2O7S2. The van der Waals surface area contributed by atoms with Crippen LogP contribution in [0.4, 0.5) is 5.00 Å². The summed E-state index contributed by atoms with van der Waals surface area (Å²) in [6.07, 6.45) is 0. The van der Waals surface area contributed by atoms with Crippen molar-refractivity contribution in [2.24, 2.45) is 5.92 Å². The molecule has 11 heteroatoms. The Balaban J connectivity index is 2.06. The maximum Gasteiger partial charge on any atom is 0.341 e. The minimum atomic E-state index is -3.96. The number of thiophene rings is 1. The molecule has 0 spiro atoms. The van der Waals surface area contributed by atoms with E-state index in [1.807, 2.05) is 6.92 Å². The predicted octanol–water partition coefficient (Wildman–Crippen LogP) is 3.03. The summed E-state index contributed by atoms with van der Waals surface area (Å²) >= 11 is 1.21. The van der Waals surface area contributed by atoms with Crippen molar-refractivity contribution < 1.29 is 32.3 Å². The molecule has 1 atom stereocenters. The molecule has 0 aliphatic carbocycles. The lowest BCUT2D eigenvalue weighted by Gasteiger charge is -2.20. The number of carbonyl (C=O) groups is 3. The van der Waals surface area contributed by atoms with Crippen molar-refractivity contribution >= 4 is 44.2 Å². The molecule has 2 rings (SSSR count). The van der Waals surface area contributed by atoms with Crippen LogP contribution in [0.3, 0.4) is 0 Å². The highest BCUT2D eigenvalue weighted by Crippen LogP contribution is 2.33. The van der Waals surface area contributed by atoms with E-state index in [2.05, 4.69) is 10.0 Å². The van der Waals surface area contributed by atoms with Crippen LogP contribution in [0.1, 0.15) is 41.6 Å². The van der Waals surface area contributed by atoms with Gasteiger partial charge in [-0.05, 0) is 44.4 Å². The monoisotopic (exact) mass is 496 g/mol. The van der Waals surface area contributed by atoms with E-state index in [1.165, 1.54) is 23.5 Å². The molecule has 0 aliphatic heterocycles. The second kappa shape index (κ2) is 11.4. The Morgan fingerprint density at radius 1 is 1.06 bits per heavy atom. The summed E-state index contributed by atoms with van der Waals surface area (Å²) in [7, 11) is -3.96. The first-order valence-electron chi connectivity index (χ1n) is 10.3. The second-order valence-corrected chi connectivity index (χ2v) is 10.5. The lowest BCUT2D eigenvalue weighted by Crippen LogP contribution is -2.45. The molecule has 0 radical (unpaired) electrons. The smallest absolute Gasteiger partial charge is 0.341 e. The molecular weight excluding hydrogens is 468 g/mol. The maximum atomic E-state index is 12.6. The maximum absolute atomic E-state index is 12.6. The van der Waals surface area contributed by atoms with Crippen LogP contribution >= 0.6 is 11.3 Å². The van der Waals surface area contributed by atoms with Crippen molar-refractivity contribution in [1.29, 1.82) is 0 Å². The summed E-state index contributed by atoms with van der Waals surface area (Å²) in [4.78, 5) is 38.1. The number of aryl methyl sites for hydroxylation is 1. The van der Waals surface area contributed by atoms with Crippen LogP contribution < -0.4 is 10.0 Å². The van der Waals surface area contributed by atoms with Gasteiger partial charge >= 0.3 is 11.9 Å². The van der Waals surface area contributed by atoms with Crippen molar-refractivity contribution in [3.05, 3.63) is 46.3 Å². The van der Waals surface area contributed by atoms with Gasteiger partial charge in [-0.15, -0.1) is 11.3 Å².